The molecule has 1 amide bonds. The molecule has 0 radical (unpaired) electrons. The standard InChI is InChI=1S/C10H12N2O2/c1-7(13)12-9-4-2-3-8(5-9)10(14)6-11/h2-5H,6,11H2,1H3,(H,12,13). The van der Waals surface area contributed by atoms with E-state index in [9.17, 15) is 9.59 Å². The number of hydrogen-bond donors (Lipinski definition) is 2. The maximum absolute atomic E-state index is 11.2. The molecule has 1 aromatic carbocycles. The molecule has 0 fully saturated rings. The summed E-state index contributed by atoms with van der Waals surface area (Å²) in [4.78, 5) is 22.0. The van der Waals surface area contributed by atoms with Gasteiger partial charge in [-0.2, -0.15) is 0 Å². The maximum Gasteiger partial charge on any atom is 0.221 e. The van der Waals surface area contributed by atoms with Gasteiger partial charge in [-0.3, -0.25) is 9.59 Å². The maximum atomic E-state index is 11.2. The SMILES string of the molecule is CC(=O)Nc1cccc(C(=O)CN)c1. The average molecular weight is 192 g/mol. The van der Waals surface area contributed by atoms with E-state index in [0.29, 0.717) is 11.3 Å². The molecule has 0 unspecified atom stereocenters. The Hall–Kier alpha value is -1.68. The lowest BCUT2D eigenvalue weighted by Gasteiger charge is -2.03. The largest absolute Gasteiger partial charge is 0.326 e. The Bertz CT molecular complexity index is 361. The molecule has 0 aliphatic heterocycles. The van der Waals surface area contributed by atoms with Crippen LogP contribution in [0.2, 0.25) is 0 Å². The molecule has 0 spiro atoms. The molecule has 0 aliphatic rings. The van der Waals surface area contributed by atoms with E-state index in [-0.39, 0.29) is 18.2 Å². The zero-order valence-corrected chi connectivity index (χ0v) is 7.91. The molecule has 1 rings (SSSR count). The van der Waals surface area contributed by atoms with Crippen molar-refractivity contribution in [3.05, 3.63) is 29.8 Å². The first kappa shape index (κ1) is 10.4. The Morgan fingerprint density at radius 1 is 1.43 bits per heavy atom. The van der Waals surface area contributed by atoms with Crippen LogP contribution in [0.3, 0.4) is 0 Å². The Labute approximate surface area is 82.1 Å². The fourth-order valence-corrected chi connectivity index (χ4v) is 1.09. The molecular formula is C10H12N2O2. The van der Waals surface area contributed by atoms with E-state index < -0.39 is 0 Å². The van der Waals surface area contributed by atoms with E-state index in [1.807, 2.05) is 0 Å². The number of anilines is 1. The quantitative estimate of drug-likeness (QED) is 0.695. The van der Waals surface area contributed by atoms with E-state index >= 15 is 0 Å². The Kier molecular flexibility index (Phi) is 3.36. The summed E-state index contributed by atoms with van der Waals surface area (Å²) in [6, 6.07) is 6.69. The molecule has 4 nitrogen and oxygen atoms in total. The second-order valence-corrected chi connectivity index (χ2v) is 2.89. The highest BCUT2D eigenvalue weighted by molar-refractivity contribution is 5.99. The monoisotopic (exact) mass is 192 g/mol. The fourth-order valence-electron chi connectivity index (χ4n) is 1.09. The highest BCUT2D eigenvalue weighted by atomic mass is 16.1. The van der Waals surface area contributed by atoms with Crippen molar-refractivity contribution in [2.45, 2.75) is 6.92 Å². The third-order valence-electron chi connectivity index (χ3n) is 1.69. The van der Waals surface area contributed by atoms with Crippen molar-refractivity contribution in [1.29, 1.82) is 0 Å². The first-order valence-corrected chi connectivity index (χ1v) is 4.24. The average Bonchev–Trinajstić information content (AvgIpc) is 2.16. The predicted octanol–water partition coefficient (Wildman–Crippen LogP) is 0.786. The summed E-state index contributed by atoms with van der Waals surface area (Å²) in [5.41, 5.74) is 6.34. The second kappa shape index (κ2) is 4.53. The summed E-state index contributed by atoms with van der Waals surface area (Å²) in [5.74, 6) is -0.306. The summed E-state index contributed by atoms with van der Waals surface area (Å²) in [6.45, 7) is 1.39. The summed E-state index contributed by atoms with van der Waals surface area (Å²) in [5, 5.41) is 2.59. The molecule has 0 aliphatic carbocycles. The molecule has 3 N–H and O–H groups in total. The van der Waals surface area contributed by atoms with Gasteiger partial charge in [0, 0.05) is 18.2 Å². The van der Waals surface area contributed by atoms with Gasteiger partial charge in [-0.05, 0) is 12.1 Å². The van der Waals surface area contributed by atoms with Gasteiger partial charge in [0.05, 0.1) is 6.54 Å². The number of hydrogen-bond acceptors (Lipinski definition) is 3. The van der Waals surface area contributed by atoms with Crippen LogP contribution in [-0.4, -0.2) is 18.2 Å². The zero-order chi connectivity index (χ0) is 10.6. The van der Waals surface area contributed by atoms with Crippen molar-refractivity contribution < 1.29 is 9.59 Å². The summed E-state index contributed by atoms with van der Waals surface area (Å²) in [7, 11) is 0. The molecule has 0 atom stereocenters. The van der Waals surface area contributed by atoms with E-state index in [4.69, 9.17) is 5.73 Å². The van der Waals surface area contributed by atoms with Crippen molar-refractivity contribution in [1.82, 2.24) is 0 Å². The number of carbonyl (C=O) groups excluding carboxylic acids is 2. The van der Waals surface area contributed by atoms with Gasteiger partial charge < -0.3 is 11.1 Å². The number of nitrogens with two attached hydrogens (primary N) is 1. The van der Waals surface area contributed by atoms with Crippen LogP contribution in [0.25, 0.3) is 0 Å². The van der Waals surface area contributed by atoms with E-state index in [2.05, 4.69) is 5.32 Å². The lowest BCUT2D eigenvalue weighted by atomic mass is 10.1. The van der Waals surface area contributed by atoms with E-state index in [0.717, 1.165) is 0 Å². The highest BCUT2D eigenvalue weighted by Crippen LogP contribution is 2.10. The van der Waals surface area contributed by atoms with Crippen LogP contribution in [-0.2, 0) is 4.79 Å². The number of ketones is 1. The summed E-state index contributed by atoms with van der Waals surface area (Å²) >= 11 is 0. The fraction of sp³-hybridized carbons (Fsp3) is 0.200. The van der Waals surface area contributed by atoms with Crippen LogP contribution < -0.4 is 11.1 Å². The molecule has 14 heavy (non-hydrogen) atoms. The van der Waals surface area contributed by atoms with E-state index in [1.54, 1.807) is 24.3 Å². The van der Waals surface area contributed by atoms with Crippen LogP contribution in [0.1, 0.15) is 17.3 Å². The predicted molar refractivity (Wildman–Crippen MR) is 54.1 cm³/mol. The van der Waals surface area contributed by atoms with Crippen molar-refractivity contribution in [2.75, 3.05) is 11.9 Å². The number of rotatable bonds is 3. The molecule has 0 saturated heterocycles. The number of Topliss-reactive ketones (excluding diaryl/α,β-unsaturated/α-hetero) is 1. The first-order chi connectivity index (χ1) is 6.63. The molecular weight excluding hydrogens is 180 g/mol. The van der Waals surface area contributed by atoms with Gasteiger partial charge in [-0.1, -0.05) is 12.1 Å². The van der Waals surface area contributed by atoms with Gasteiger partial charge in [-0.15, -0.1) is 0 Å². The normalized spacial score (nSPS) is 9.57. The van der Waals surface area contributed by atoms with Crippen LogP contribution in [0.15, 0.2) is 24.3 Å². The Morgan fingerprint density at radius 3 is 2.71 bits per heavy atom. The van der Waals surface area contributed by atoms with Gasteiger partial charge in [0.2, 0.25) is 5.91 Å². The zero-order valence-electron chi connectivity index (χ0n) is 7.91. The molecule has 0 saturated carbocycles. The van der Waals surface area contributed by atoms with Crippen LogP contribution >= 0.6 is 0 Å². The van der Waals surface area contributed by atoms with Gasteiger partial charge >= 0.3 is 0 Å². The topological polar surface area (TPSA) is 72.2 Å². The number of carbonyl (C=O) groups is 2. The van der Waals surface area contributed by atoms with Crippen molar-refractivity contribution in [2.24, 2.45) is 5.73 Å². The highest BCUT2D eigenvalue weighted by Gasteiger charge is 2.03. The number of nitrogens with one attached hydrogen (secondary N) is 1. The van der Waals surface area contributed by atoms with Crippen molar-refractivity contribution in [3.8, 4) is 0 Å². The number of benzene rings is 1. The van der Waals surface area contributed by atoms with Gasteiger partial charge in [-0.25, -0.2) is 0 Å². The lowest BCUT2D eigenvalue weighted by Crippen LogP contribution is -2.14. The molecule has 74 valence electrons. The van der Waals surface area contributed by atoms with Crippen LogP contribution in [0.4, 0.5) is 5.69 Å². The molecule has 4 heteroatoms. The molecule has 0 heterocycles. The second-order valence-electron chi connectivity index (χ2n) is 2.89. The lowest BCUT2D eigenvalue weighted by molar-refractivity contribution is -0.114. The minimum atomic E-state index is -0.164. The van der Waals surface area contributed by atoms with Crippen LogP contribution in [0.5, 0.6) is 0 Å². The minimum absolute atomic E-state index is 0.0243. The van der Waals surface area contributed by atoms with Gasteiger partial charge in [0.15, 0.2) is 5.78 Å². The summed E-state index contributed by atoms with van der Waals surface area (Å²) < 4.78 is 0. The summed E-state index contributed by atoms with van der Waals surface area (Å²) in [6.07, 6.45) is 0. The first-order valence-electron chi connectivity index (χ1n) is 4.24. The van der Waals surface area contributed by atoms with E-state index in [1.165, 1.54) is 6.92 Å². The van der Waals surface area contributed by atoms with Crippen molar-refractivity contribution in [3.63, 3.8) is 0 Å². The van der Waals surface area contributed by atoms with Gasteiger partial charge in [0.1, 0.15) is 0 Å². The number of amides is 1. The third-order valence-corrected chi connectivity index (χ3v) is 1.69. The Balaban J connectivity index is 2.89. The molecule has 0 bridgehead atoms. The third kappa shape index (κ3) is 2.67. The smallest absolute Gasteiger partial charge is 0.221 e. The van der Waals surface area contributed by atoms with Crippen LogP contribution in [0, 0.1) is 0 Å². The van der Waals surface area contributed by atoms with Gasteiger partial charge in [0.25, 0.3) is 0 Å². The Morgan fingerprint density at radius 2 is 2.14 bits per heavy atom. The molecule has 1 aromatic rings. The minimum Gasteiger partial charge on any atom is -0.326 e. The molecule has 0 aromatic heterocycles. The van der Waals surface area contributed by atoms with Crippen molar-refractivity contribution >= 4 is 17.4 Å².